The summed E-state index contributed by atoms with van der Waals surface area (Å²) >= 11 is 3.50. The maximum atomic E-state index is 12.1. The average Bonchev–Trinajstić information content (AvgIpc) is 2.60. The molecule has 24 heavy (non-hydrogen) atoms. The molecule has 0 bridgehead atoms. The van der Waals surface area contributed by atoms with Crippen molar-refractivity contribution in [2.45, 2.75) is 13.0 Å². The van der Waals surface area contributed by atoms with Crippen LogP contribution in [0.1, 0.15) is 24.1 Å². The van der Waals surface area contributed by atoms with Crippen molar-refractivity contribution in [3.8, 4) is 11.5 Å². The molecule has 0 radical (unpaired) electrons. The van der Waals surface area contributed by atoms with E-state index in [9.17, 15) is 4.79 Å². The van der Waals surface area contributed by atoms with Gasteiger partial charge in [-0.2, -0.15) is 0 Å². The topological polar surface area (TPSA) is 47.6 Å². The Morgan fingerprint density at radius 1 is 1.17 bits per heavy atom. The molecular weight excluding hydrogens is 370 g/mol. The summed E-state index contributed by atoms with van der Waals surface area (Å²) in [5.41, 5.74) is 1.93. The zero-order chi connectivity index (χ0) is 16.9. The quantitative estimate of drug-likeness (QED) is 0.802. The first-order chi connectivity index (χ1) is 11.6. The van der Waals surface area contributed by atoms with E-state index in [0.717, 1.165) is 21.3 Å². The van der Waals surface area contributed by atoms with Gasteiger partial charge in [0.15, 0.2) is 11.5 Å². The lowest BCUT2D eigenvalue weighted by molar-refractivity contribution is -0.117. The van der Waals surface area contributed by atoms with E-state index in [1.807, 2.05) is 49.4 Å². The molecule has 124 valence electrons. The fourth-order valence-corrected chi connectivity index (χ4v) is 3.13. The molecule has 1 amide bonds. The third-order valence-corrected chi connectivity index (χ3v) is 4.45. The standard InChI is InChI=1S/C19H18BrNO3/c1-13(15-4-2-3-5-16(15)20)21-19(22)9-7-14-6-8-17-18(12-14)24-11-10-23-17/h2-9,12-13H,10-11H2,1H3,(H,21,22)/b9-7+/t13-/m1/s1. The van der Waals surface area contributed by atoms with Crippen molar-refractivity contribution in [3.05, 3.63) is 64.1 Å². The molecule has 4 nitrogen and oxygen atoms in total. The van der Waals surface area contributed by atoms with Crippen LogP contribution in [0.25, 0.3) is 6.08 Å². The molecule has 5 heteroatoms. The van der Waals surface area contributed by atoms with Crippen LogP contribution in [0.5, 0.6) is 11.5 Å². The van der Waals surface area contributed by atoms with E-state index in [1.54, 1.807) is 6.08 Å². The van der Waals surface area contributed by atoms with E-state index < -0.39 is 0 Å². The first-order valence-corrected chi connectivity index (χ1v) is 8.55. The predicted octanol–water partition coefficient (Wildman–Crippen LogP) is 4.11. The number of fused-ring (bicyclic) bond motifs is 1. The Balaban J connectivity index is 1.64. The van der Waals surface area contributed by atoms with Gasteiger partial charge in [0.1, 0.15) is 13.2 Å². The zero-order valence-corrected chi connectivity index (χ0v) is 14.9. The summed E-state index contributed by atoms with van der Waals surface area (Å²) in [5.74, 6) is 1.31. The summed E-state index contributed by atoms with van der Waals surface area (Å²) in [6.45, 7) is 3.07. The van der Waals surface area contributed by atoms with Crippen LogP contribution >= 0.6 is 15.9 Å². The number of ether oxygens (including phenoxy) is 2. The molecule has 1 heterocycles. The maximum Gasteiger partial charge on any atom is 0.244 e. The Hall–Kier alpha value is -2.27. The van der Waals surface area contributed by atoms with E-state index in [1.165, 1.54) is 6.08 Å². The van der Waals surface area contributed by atoms with Gasteiger partial charge in [0.25, 0.3) is 0 Å². The van der Waals surface area contributed by atoms with Crippen LogP contribution in [0.4, 0.5) is 0 Å². The molecule has 1 atom stereocenters. The summed E-state index contributed by atoms with van der Waals surface area (Å²) in [5, 5.41) is 2.96. The smallest absolute Gasteiger partial charge is 0.244 e. The minimum atomic E-state index is -0.145. The second-order valence-corrected chi connectivity index (χ2v) is 6.34. The van der Waals surface area contributed by atoms with Crippen molar-refractivity contribution >= 4 is 27.9 Å². The Bertz CT molecular complexity index is 773. The van der Waals surface area contributed by atoms with Crippen LogP contribution in [0.2, 0.25) is 0 Å². The molecule has 2 aromatic rings. The number of hydrogen-bond donors (Lipinski definition) is 1. The van der Waals surface area contributed by atoms with Crippen LogP contribution < -0.4 is 14.8 Å². The number of carbonyl (C=O) groups is 1. The Morgan fingerprint density at radius 3 is 2.71 bits per heavy atom. The third-order valence-electron chi connectivity index (χ3n) is 3.72. The number of benzene rings is 2. The number of carbonyl (C=O) groups excluding carboxylic acids is 1. The van der Waals surface area contributed by atoms with Crippen LogP contribution in [0, 0.1) is 0 Å². The van der Waals surface area contributed by atoms with Crippen LogP contribution in [-0.2, 0) is 4.79 Å². The van der Waals surface area contributed by atoms with Gasteiger partial charge in [-0.1, -0.05) is 40.2 Å². The first-order valence-electron chi connectivity index (χ1n) is 7.76. The molecule has 0 spiro atoms. The van der Waals surface area contributed by atoms with Crippen molar-refractivity contribution in [1.82, 2.24) is 5.32 Å². The van der Waals surface area contributed by atoms with Crippen molar-refractivity contribution in [1.29, 1.82) is 0 Å². The van der Waals surface area contributed by atoms with E-state index in [-0.39, 0.29) is 11.9 Å². The largest absolute Gasteiger partial charge is 0.486 e. The number of hydrogen-bond acceptors (Lipinski definition) is 3. The molecule has 1 aliphatic heterocycles. The minimum Gasteiger partial charge on any atom is -0.486 e. The molecule has 3 rings (SSSR count). The maximum absolute atomic E-state index is 12.1. The van der Waals surface area contributed by atoms with Gasteiger partial charge in [-0.05, 0) is 42.3 Å². The molecular formula is C19H18BrNO3. The van der Waals surface area contributed by atoms with Crippen LogP contribution in [0.3, 0.4) is 0 Å². The highest BCUT2D eigenvalue weighted by Crippen LogP contribution is 2.31. The lowest BCUT2D eigenvalue weighted by Crippen LogP contribution is -2.24. The second-order valence-electron chi connectivity index (χ2n) is 5.49. The lowest BCUT2D eigenvalue weighted by Gasteiger charge is -2.18. The van der Waals surface area contributed by atoms with Crippen LogP contribution in [-0.4, -0.2) is 19.1 Å². The fourth-order valence-electron chi connectivity index (χ4n) is 2.50. The molecule has 1 aliphatic rings. The molecule has 0 fully saturated rings. The van der Waals surface area contributed by atoms with Gasteiger partial charge < -0.3 is 14.8 Å². The van der Waals surface area contributed by atoms with Gasteiger partial charge in [0.05, 0.1) is 6.04 Å². The molecule has 2 aromatic carbocycles. The molecule has 1 N–H and O–H groups in total. The van der Waals surface area contributed by atoms with E-state index in [2.05, 4.69) is 21.2 Å². The van der Waals surface area contributed by atoms with E-state index in [4.69, 9.17) is 9.47 Å². The van der Waals surface area contributed by atoms with Gasteiger partial charge in [-0.25, -0.2) is 0 Å². The van der Waals surface area contributed by atoms with Gasteiger partial charge >= 0.3 is 0 Å². The van der Waals surface area contributed by atoms with Crippen LogP contribution in [0.15, 0.2) is 53.0 Å². The lowest BCUT2D eigenvalue weighted by atomic mass is 10.1. The Kier molecular flexibility index (Phi) is 5.20. The second kappa shape index (κ2) is 7.53. The van der Waals surface area contributed by atoms with Gasteiger partial charge in [-0.15, -0.1) is 0 Å². The summed E-state index contributed by atoms with van der Waals surface area (Å²) in [6, 6.07) is 13.4. The molecule has 0 aromatic heterocycles. The van der Waals surface area contributed by atoms with E-state index >= 15 is 0 Å². The predicted molar refractivity (Wildman–Crippen MR) is 97.2 cm³/mol. The molecule has 0 unspecified atom stereocenters. The van der Waals surface area contributed by atoms with Crippen molar-refractivity contribution in [3.63, 3.8) is 0 Å². The molecule has 0 aliphatic carbocycles. The summed E-state index contributed by atoms with van der Waals surface area (Å²) in [4.78, 5) is 12.1. The molecule has 0 saturated heterocycles. The SMILES string of the molecule is C[C@@H](NC(=O)/C=C/c1ccc2c(c1)OCCO2)c1ccccc1Br. The normalized spacial score (nSPS) is 14.4. The highest BCUT2D eigenvalue weighted by atomic mass is 79.9. The summed E-state index contributed by atoms with van der Waals surface area (Å²) < 4.78 is 12.0. The monoisotopic (exact) mass is 387 g/mol. The number of nitrogens with one attached hydrogen (secondary N) is 1. The van der Waals surface area contributed by atoms with Gasteiger partial charge in [-0.3, -0.25) is 4.79 Å². The van der Waals surface area contributed by atoms with Gasteiger partial charge in [0.2, 0.25) is 5.91 Å². The first kappa shape index (κ1) is 16.6. The van der Waals surface area contributed by atoms with Crippen molar-refractivity contribution < 1.29 is 14.3 Å². The van der Waals surface area contributed by atoms with E-state index in [0.29, 0.717) is 19.0 Å². The zero-order valence-electron chi connectivity index (χ0n) is 13.3. The Labute approximate surface area is 149 Å². The van der Waals surface area contributed by atoms with Gasteiger partial charge in [0, 0.05) is 10.5 Å². The number of halogens is 1. The summed E-state index contributed by atoms with van der Waals surface area (Å²) in [6.07, 6.45) is 3.29. The highest BCUT2D eigenvalue weighted by Gasteiger charge is 2.12. The number of rotatable bonds is 4. The van der Waals surface area contributed by atoms with Crippen molar-refractivity contribution in [2.24, 2.45) is 0 Å². The average molecular weight is 388 g/mol. The summed E-state index contributed by atoms with van der Waals surface area (Å²) in [7, 11) is 0. The molecule has 0 saturated carbocycles. The number of amides is 1. The third kappa shape index (κ3) is 3.97. The highest BCUT2D eigenvalue weighted by molar-refractivity contribution is 9.10. The minimum absolute atomic E-state index is 0.0852. The van der Waals surface area contributed by atoms with Crippen molar-refractivity contribution in [2.75, 3.05) is 13.2 Å². The fraction of sp³-hybridized carbons (Fsp3) is 0.211. The Morgan fingerprint density at radius 2 is 1.92 bits per heavy atom.